The number of benzene rings is 2. The molecule has 0 aliphatic carbocycles. The Morgan fingerprint density at radius 1 is 1.06 bits per heavy atom. The fourth-order valence-corrected chi connectivity index (χ4v) is 4.44. The van der Waals surface area contributed by atoms with E-state index in [1.165, 1.54) is 61.8 Å². The van der Waals surface area contributed by atoms with Crippen LogP contribution in [-0.2, 0) is 24.3 Å². The number of ether oxygens (including phenoxy) is 1. The molecular weight excluding hydrogens is 510 g/mol. The lowest BCUT2D eigenvalue weighted by molar-refractivity contribution is -0.120. The molecule has 0 saturated heterocycles. The molecule has 184 valence electrons. The molecule has 2 N–H and O–H groups in total. The van der Waals surface area contributed by atoms with Gasteiger partial charge in [-0.05, 0) is 55.5 Å². The van der Waals surface area contributed by atoms with Crippen molar-refractivity contribution in [3.05, 3.63) is 82.8 Å². The number of halogens is 1. The van der Waals surface area contributed by atoms with Gasteiger partial charge in [0, 0.05) is 17.6 Å². The number of hydrogen-bond donors (Lipinski definition) is 2. The molecule has 0 unspecified atom stereocenters. The van der Waals surface area contributed by atoms with E-state index in [1.54, 1.807) is 13.0 Å². The van der Waals surface area contributed by atoms with E-state index in [-0.39, 0.29) is 32.8 Å². The van der Waals surface area contributed by atoms with Gasteiger partial charge < -0.3 is 10.1 Å². The summed E-state index contributed by atoms with van der Waals surface area (Å²) in [6.07, 6.45) is 1.43. The smallest absolute Gasteiger partial charge is 0.337 e. The molecule has 3 aromatic rings. The van der Waals surface area contributed by atoms with Gasteiger partial charge in [0.15, 0.2) is 0 Å². The number of aryl methyl sites for hydroxylation is 1. The zero-order valence-corrected chi connectivity index (χ0v) is 20.4. The van der Waals surface area contributed by atoms with Crippen LogP contribution in [0.15, 0.2) is 76.4 Å². The van der Waals surface area contributed by atoms with Crippen molar-refractivity contribution in [1.29, 1.82) is 0 Å². The third-order valence-electron chi connectivity index (χ3n) is 5.01. The summed E-state index contributed by atoms with van der Waals surface area (Å²) in [4.78, 5) is 46.2. The van der Waals surface area contributed by atoms with Crippen LogP contribution in [0.1, 0.15) is 16.1 Å². The van der Waals surface area contributed by atoms with Gasteiger partial charge in [-0.25, -0.2) is 32.8 Å². The van der Waals surface area contributed by atoms with E-state index >= 15 is 0 Å². The molecule has 1 aromatic heterocycles. The second-order valence-corrected chi connectivity index (χ2v) is 9.51. The first-order chi connectivity index (χ1) is 17.1. The van der Waals surface area contributed by atoms with E-state index in [9.17, 15) is 22.8 Å². The van der Waals surface area contributed by atoms with Crippen molar-refractivity contribution in [2.75, 3.05) is 22.0 Å². The van der Waals surface area contributed by atoms with Gasteiger partial charge in [0.25, 0.3) is 21.8 Å². The number of aromatic nitrogens is 2. The number of nitrogens with zero attached hydrogens (tertiary/aromatic N) is 3. The van der Waals surface area contributed by atoms with Crippen LogP contribution in [0.5, 0.6) is 0 Å². The standard InChI is InChI=1S/C23H18ClN5O6S/c1-13-10-11-25-23(26-13)28-36(33,34)17-8-6-15(7-9-17)27-19-18(24)20(30)29(21(19)31)16-5-3-4-14(12-16)22(32)35-2/h3-12,27H,1-2H3,(H,25,26,28). The van der Waals surface area contributed by atoms with Crippen LogP contribution in [0.25, 0.3) is 0 Å². The average molecular weight is 528 g/mol. The third kappa shape index (κ3) is 4.90. The summed E-state index contributed by atoms with van der Waals surface area (Å²) in [5.74, 6) is -2.23. The van der Waals surface area contributed by atoms with Crippen LogP contribution < -0.4 is 14.9 Å². The molecule has 0 radical (unpaired) electrons. The molecule has 0 atom stereocenters. The Kier molecular flexibility index (Phi) is 6.73. The van der Waals surface area contributed by atoms with Crippen LogP contribution in [0.4, 0.5) is 17.3 Å². The minimum atomic E-state index is -3.97. The van der Waals surface area contributed by atoms with Crippen LogP contribution in [-0.4, -0.2) is 43.3 Å². The summed E-state index contributed by atoms with van der Waals surface area (Å²) < 4.78 is 32.2. The van der Waals surface area contributed by atoms with Crippen molar-refractivity contribution in [3.63, 3.8) is 0 Å². The molecule has 0 bridgehead atoms. The summed E-state index contributed by atoms with van der Waals surface area (Å²) in [5, 5.41) is 2.40. The molecule has 1 aliphatic heterocycles. The van der Waals surface area contributed by atoms with Crippen molar-refractivity contribution < 1.29 is 27.5 Å². The van der Waals surface area contributed by atoms with E-state index in [1.807, 2.05) is 0 Å². The molecule has 2 aromatic carbocycles. The molecule has 36 heavy (non-hydrogen) atoms. The van der Waals surface area contributed by atoms with Crippen LogP contribution in [0.2, 0.25) is 0 Å². The van der Waals surface area contributed by atoms with E-state index in [0.29, 0.717) is 11.4 Å². The molecule has 0 saturated carbocycles. The van der Waals surface area contributed by atoms with Gasteiger partial charge in [-0.1, -0.05) is 17.7 Å². The van der Waals surface area contributed by atoms with E-state index in [0.717, 1.165) is 4.90 Å². The number of esters is 1. The Balaban J connectivity index is 1.53. The molecule has 0 spiro atoms. The van der Waals surface area contributed by atoms with Gasteiger partial charge >= 0.3 is 5.97 Å². The highest BCUT2D eigenvalue weighted by Crippen LogP contribution is 2.31. The summed E-state index contributed by atoms with van der Waals surface area (Å²) in [7, 11) is -2.76. The normalized spacial score (nSPS) is 13.7. The number of hydrogen-bond acceptors (Lipinski definition) is 9. The number of sulfonamides is 1. The van der Waals surface area contributed by atoms with Crippen molar-refractivity contribution >= 4 is 56.7 Å². The fraction of sp³-hybridized carbons (Fsp3) is 0.0870. The lowest BCUT2D eigenvalue weighted by atomic mass is 10.2. The highest BCUT2D eigenvalue weighted by molar-refractivity contribution is 7.92. The predicted octanol–water partition coefficient (Wildman–Crippen LogP) is 2.81. The number of rotatable bonds is 7. The summed E-state index contributed by atoms with van der Waals surface area (Å²) in [5.41, 5.74) is 0.977. The SMILES string of the molecule is COC(=O)c1cccc(N2C(=O)C(Cl)=C(Nc3ccc(S(=O)(=O)Nc4nccc(C)n4)cc3)C2=O)c1. The lowest BCUT2D eigenvalue weighted by Gasteiger charge is -2.16. The number of carbonyl (C=O) groups excluding carboxylic acids is 3. The minimum absolute atomic E-state index is 0.0689. The zero-order chi connectivity index (χ0) is 26.0. The molecule has 2 amide bonds. The molecule has 2 heterocycles. The fourth-order valence-electron chi connectivity index (χ4n) is 3.27. The van der Waals surface area contributed by atoms with Crippen molar-refractivity contribution in [1.82, 2.24) is 9.97 Å². The summed E-state index contributed by atoms with van der Waals surface area (Å²) in [6, 6.07) is 12.8. The summed E-state index contributed by atoms with van der Waals surface area (Å²) >= 11 is 6.15. The molecule has 11 nitrogen and oxygen atoms in total. The highest BCUT2D eigenvalue weighted by Gasteiger charge is 2.39. The van der Waals surface area contributed by atoms with Gasteiger partial charge in [0.2, 0.25) is 5.95 Å². The Morgan fingerprint density at radius 2 is 1.78 bits per heavy atom. The molecule has 4 rings (SSSR count). The second kappa shape index (κ2) is 9.76. The Labute approximate surface area is 210 Å². The number of anilines is 3. The number of nitrogens with one attached hydrogen (secondary N) is 2. The predicted molar refractivity (Wildman–Crippen MR) is 131 cm³/mol. The number of amides is 2. The van der Waals surface area contributed by atoms with Crippen molar-refractivity contribution in [2.45, 2.75) is 11.8 Å². The highest BCUT2D eigenvalue weighted by atomic mass is 35.5. The maximum absolute atomic E-state index is 13.0. The number of carbonyl (C=O) groups is 3. The first-order valence-electron chi connectivity index (χ1n) is 10.3. The van der Waals surface area contributed by atoms with Gasteiger partial charge in [0.05, 0.1) is 23.3 Å². The first kappa shape index (κ1) is 24.8. The second-order valence-electron chi connectivity index (χ2n) is 7.45. The van der Waals surface area contributed by atoms with Crippen LogP contribution in [0, 0.1) is 6.92 Å². The number of methoxy groups -OCH3 is 1. The van der Waals surface area contributed by atoms with Crippen molar-refractivity contribution in [2.24, 2.45) is 0 Å². The maximum Gasteiger partial charge on any atom is 0.337 e. The van der Waals surface area contributed by atoms with Gasteiger partial charge in [-0.2, -0.15) is 0 Å². The topological polar surface area (TPSA) is 148 Å². The Bertz CT molecular complexity index is 1520. The van der Waals surface area contributed by atoms with Crippen LogP contribution in [0.3, 0.4) is 0 Å². The quantitative estimate of drug-likeness (QED) is 0.349. The number of imide groups is 1. The van der Waals surface area contributed by atoms with Gasteiger partial charge in [-0.15, -0.1) is 0 Å². The maximum atomic E-state index is 13.0. The molecule has 1 aliphatic rings. The first-order valence-corrected chi connectivity index (χ1v) is 12.1. The lowest BCUT2D eigenvalue weighted by Crippen LogP contribution is -2.32. The average Bonchev–Trinajstić information content (AvgIpc) is 3.06. The zero-order valence-electron chi connectivity index (χ0n) is 18.9. The molecule has 0 fully saturated rings. The summed E-state index contributed by atoms with van der Waals surface area (Å²) in [6.45, 7) is 1.70. The van der Waals surface area contributed by atoms with Crippen molar-refractivity contribution in [3.8, 4) is 0 Å². The third-order valence-corrected chi connectivity index (χ3v) is 6.70. The van der Waals surface area contributed by atoms with E-state index in [2.05, 4.69) is 24.7 Å². The largest absolute Gasteiger partial charge is 0.465 e. The van der Waals surface area contributed by atoms with Gasteiger partial charge in [0.1, 0.15) is 10.7 Å². The molecular formula is C23H18ClN5O6S. The molecule has 13 heteroatoms. The van der Waals surface area contributed by atoms with Crippen LogP contribution >= 0.6 is 11.6 Å². The Morgan fingerprint density at radius 3 is 2.44 bits per heavy atom. The van der Waals surface area contributed by atoms with E-state index < -0.39 is 27.8 Å². The minimum Gasteiger partial charge on any atom is -0.465 e. The monoisotopic (exact) mass is 527 g/mol. The van der Waals surface area contributed by atoms with E-state index in [4.69, 9.17) is 11.6 Å². The Hall–Kier alpha value is -4.29. The van der Waals surface area contributed by atoms with Gasteiger partial charge in [-0.3, -0.25) is 9.59 Å².